The monoisotopic (exact) mass is 288 g/mol. The predicted molar refractivity (Wildman–Crippen MR) is 73.6 cm³/mol. The van der Waals surface area contributed by atoms with Crippen LogP contribution in [0.1, 0.15) is 32.8 Å². The summed E-state index contributed by atoms with van der Waals surface area (Å²) in [6.45, 7) is 5.93. The number of sulfonamides is 1. The Morgan fingerprint density at radius 3 is 2.47 bits per heavy atom. The van der Waals surface area contributed by atoms with Crippen LogP contribution in [0.15, 0.2) is 23.1 Å². The molecule has 1 aromatic carbocycles. The summed E-state index contributed by atoms with van der Waals surface area (Å²) < 4.78 is 39.9. The van der Waals surface area contributed by atoms with Gasteiger partial charge in [-0.15, -0.1) is 0 Å². The van der Waals surface area contributed by atoms with Gasteiger partial charge in [0.15, 0.2) is 0 Å². The lowest BCUT2D eigenvalue weighted by Crippen LogP contribution is -2.38. The van der Waals surface area contributed by atoms with Crippen molar-refractivity contribution in [1.29, 1.82) is 0 Å². The van der Waals surface area contributed by atoms with Crippen molar-refractivity contribution in [2.45, 2.75) is 44.7 Å². The number of halogens is 1. The molecular weight excluding hydrogens is 267 g/mol. The molecule has 108 valence electrons. The van der Waals surface area contributed by atoms with Crippen molar-refractivity contribution in [2.75, 3.05) is 6.54 Å². The zero-order valence-corrected chi connectivity index (χ0v) is 12.4. The van der Waals surface area contributed by atoms with E-state index in [-0.39, 0.29) is 17.5 Å². The first-order valence-electron chi connectivity index (χ1n) is 6.38. The fourth-order valence-corrected chi connectivity index (χ4v) is 3.95. The Kier molecular flexibility index (Phi) is 5.46. The van der Waals surface area contributed by atoms with Crippen molar-refractivity contribution < 1.29 is 12.8 Å². The summed E-state index contributed by atoms with van der Waals surface area (Å²) in [7, 11) is -3.71. The van der Waals surface area contributed by atoms with Crippen molar-refractivity contribution >= 4 is 10.0 Å². The van der Waals surface area contributed by atoms with Gasteiger partial charge in [0.1, 0.15) is 5.82 Å². The highest BCUT2D eigenvalue weighted by Gasteiger charge is 2.29. The largest absolute Gasteiger partial charge is 0.326 e. The molecular formula is C13H21FN2O2S. The molecule has 0 amide bonds. The average molecular weight is 288 g/mol. The molecule has 0 bridgehead atoms. The highest BCUT2D eigenvalue weighted by Crippen LogP contribution is 2.23. The van der Waals surface area contributed by atoms with E-state index < -0.39 is 15.8 Å². The first-order chi connectivity index (χ1) is 8.88. The summed E-state index contributed by atoms with van der Waals surface area (Å²) in [6, 6.07) is 3.56. The van der Waals surface area contributed by atoms with Crippen LogP contribution in [0.2, 0.25) is 0 Å². The summed E-state index contributed by atoms with van der Waals surface area (Å²) in [5, 5.41) is 0. The minimum Gasteiger partial charge on any atom is -0.326 e. The molecule has 0 saturated heterocycles. The van der Waals surface area contributed by atoms with Gasteiger partial charge >= 0.3 is 0 Å². The van der Waals surface area contributed by atoms with Gasteiger partial charge < -0.3 is 5.73 Å². The molecule has 19 heavy (non-hydrogen) atoms. The van der Waals surface area contributed by atoms with Crippen molar-refractivity contribution in [3.63, 3.8) is 0 Å². The molecule has 6 heteroatoms. The van der Waals surface area contributed by atoms with Gasteiger partial charge in [-0.3, -0.25) is 0 Å². The molecule has 0 aliphatic rings. The number of benzene rings is 1. The van der Waals surface area contributed by atoms with Crippen molar-refractivity contribution in [3.8, 4) is 0 Å². The maximum absolute atomic E-state index is 13.3. The third-order valence-corrected chi connectivity index (χ3v) is 5.40. The van der Waals surface area contributed by atoms with Crippen LogP contribution in [0, 0.1) is 5.82 Å². The molecule has 0 aliphatic heterocycles. The molecule has 1 rings (SSSR count). The second-order valence-corrected chi connectivity index (χ2v) is 6.28. The zero-order valence-electron chi connectivity index (χ0n) is 11.6. The fraction of sp³-hybridized carbons (Fsp3) is 0.538. The Bertz CT molecular complexity index is 531. The maximum atomic E-state index is 13.3. The summed E-state index contributed by atoms with van der Waals surface area (Å²) in [5.74, 6) is -0.573. The van der Waals surface area contributed by atoms with Gasteiger partial charge in [-0.25, -0.2) is 12.8 Å². The van der Waals surface area contributed by atoms with E-state index in [1.807, 2.05) is 13.8 Å². The van der Waals surface area contributed by atoms with E-state index in [2.05, 4.69) is 0 Å². The highest BCUT2D eigenvalue weighted by atomic mass is 32.2. The van der Waals surface area contributed by atoms with E-state index in [9.17, 15) is 12.8 Å². The molecule has 2 N–H and O–H groups in total. The van der Waals surface area contributed by atoms with Gasteiger partial charge in [0.25, 0.3) is 0 Å². The van der Waals surface area contributed by atoms with E-state index >= 15 is 0 Å². The Labute approximate surface area is 114 Å². The standard InChI is InChI=1S/C13H21FN2O2S/c1-4-10(3)16(5-2)19(17,18)13-8-12(14)7-6-11(13)9-15/h6-8,10H,4-5,9,15H2,1-3H3. The maximum Gasteiger partial charge on any atom is 0.243 e. The van der Waals surface area contributed by atoms with Crippen LogP contribution in [0.4, 0.5) is 4.39 Å². The van der Waals surface area contributed by atoms with Crippen LogP contribution in [-0.4, -0.2) is 25.3 Å². The van der Waals surface area contributed by atoms with E-state index in [0.29, 0.717) is 18.5 Å². The van der Waals surface area contributed by atoms with E-state index in [1.165, 1.54) is 16.4 Å². The predicted octanol–water partition coefficient (Wildman–Crippen LogP) is 2.09. The van der Waals surface area contributed by atoms with Crippen molar-refractivity contribution in [3.05, 3.63) is 29.6 Å². The molecule has 0 aliphatic carbocycles. The molecule has 0 radical (unpaired) electrons. The van der Waals surface area contributed by atoms with Crippen LogP contribution >= 0.6 is 0 Å². The average Bonchev–Trinajstić information content (AvgIpc) is 2.38. The van der Waals surface area contributed by atoms with Gasteiger partial charge in [-0.2, -0.15) is 4.31 Å². The lowest BCUT2D eigenvalue weighted by molar-refractivity contribution is 0.342. The molecule has 4 nitrogen and oxygen atoms in total. The summed E-state index contributed by atoms with van der Waals surface area (Å²) in [5.41, 5.74) is 5.98. The minimum absolute atomic E-state index is 0.0304. The lowest BCUT2D eigenvalue weighted by atomic mass is 10.2. The molecule has 1 atom stereocenters. The number of nitrogens with zero attached hydrogens (tertiary/aromatic N) is 1. The molecule has 0 heterocycles. The SMILES string of the molecule is CCC(C)N(CC)S(=O)(=O)c1cc(F)ccc1CN. The van der Waals surface area contributed by atoms with Crippen LogP contribution in [0.25, 0.3) is 0 Å². The molecule has 0 fully saturated rings. The number of hydrogen-bond donors (Lipinski definition) is 1. The minimum atomic E-state index is -3.71. The molecule has 0 spiro atoms. The summed E-state index contributed by atoms with van der Waals surface area (Å²) in [6.07, 6.45) is 0.695. The van der Waals surface area contributed by atoms with Gasteiger partial charge in [0.2, 0.25) is 10.0 Å². The van der Waals surface area contributed by atoms with Gasteiger partial charge in [0.05, 0.1) is 4.90 Å². The number of nitrogens with two attached hydrogens (primary N) is 1. The third-order valence-electron chi connectivity index (χ3n) is 3.23. The molecule has 0 saturated carbocycles. The van der Waals surface area contributed by atoms with E-state index in [0.717, 1.165) is 6.07 Å². The highest BCUT2D eigenvalue weighted by molar-refractivity contribution is 7.89. The van der Waals surface area contributed by atoms with Crippen LogP contribution in [-0.2, 0) is 16.6 Å². The summed E-state index contributed by atoms with van der Waals surface area (Å²) in [4.78, 5) is -0.0304. The first kappa shape index (κ1) is 16.1. The smallest absolute Gasteiger partial charge is 0.243 e. The summed E-state index contributed by atoms with van der Waals surface area (Å²) >= 11 is 0. The van der Waals surface area contributed by atoms with E-state index in [4.69, 9.17) is 5.73 Å². The Hall–Kier alpha value is -0.980. The Balaban J connectivity index is 3.37. The molecule has 0 aromatic heterocycles. The third kappa shape index (κ3) is 3.32. The second-order valence-electron chi connectivity index (χ2n) is 4.42. The van der Waals surface area contributed by atoms with E-state index in [1.54, 1.807) is 6.92 Å². The zero-order chi connectivity index (χ0) is 14.6. The van der Waals surface area contributed by atoms with Gasteiger partial charge in [0, 0.05) is 19.1 Å². The van der Waals surface area contributed by atoms with Crippen LogP contribution in [0.5, 0.6) is 0 Å². The first-order valence-corrected chi connectivity index (χ1v) is 7.82. The Morgan fingerprint density at radius 1 is 1.37 bits per heavy atom. The number of rotatable bonds is 6. The quantitative estimate of drug-likeness (QED) is 0.872. The second kappa shape index (κ2) is 6.45. The Morgan fingerprint density at radius 2 is 2.00 bits per heavy atom. The van der Waals surface area contributed by atoms with Crippen LogP contribution < -0.4 is 5.73 Å². The topological polar surface area (TPSA) is 63.4 Å². The lowest BCUT2D eigenvalue weighted by Gasteiger charge is -2.27. The van der Waals surface area contributed by atoms with Crippen molar-refractivity contribution in [2.24, 2.45) is 5.73 Å². The number of hydrogen-bond acceptors (Lipinski definition) is 3. The van der Waals surface area contributed by atoms with Gasteiger partial charge in [-0.1, -0.05) is 19.9 Å². The molecule has 1 unspecified atom stereocenters. The van der Waals surface area contributed by atoms with Crippen molar-refractivity contribution in [1.82, 2.24) is 4.31 Å². The normalized spacial score (nSPS) is 13.8. The van der Waals surface area contributed by atoms with Crippen LogP contribution in [0.3, 0.4) is 0 Å². The van der Waals surface area contributed by atoms with Gasteiger partial charge in [-0.05, 0) is 31.0 Å². The molecule has 1 aromatic rings. The fourth-order valence-electron chi connectivity index (χ4n) is 1.99.